The molecule has 14 heavy (non-hydrogen) atoms. The van der Waals surface area contributed by atoms with Gasteiger partial charge in [0.2, 0.25) is 0 Å². The molecule has 0 aliphatic carbocycles. The molecular formula is C11H10Cl2O. The maximum absolute atomic E-state index is 5.81. The van der Waals surface area contributed by atoms with Gasteiger partial charge >= 0.3 is 0 Å². The summed E-state index contributed by atoms with van der Waals surface area (Å²) in [5.74, 6) is 3.27. The third-order valence-corrected chi connectivity index (χ3v) is 2.36. The van der Waals surface area contributed by atoms with Crippen molar-refractivity contribution in [1.82, 2.24) is 0 Å². The molecule has 74 valence electrons. The standard InChI is InChI=1S/C11H10Cl2O/c1-2-3-4-7-14-9-5-6-10(12)11(13)8-9/h1,5-6,8H,3-4,7H2. The van der Waals surface area contributed by atoms with Crippen LogP contribution in [0.25, 0.3) is 0 Å². The Bertz CT molecular complexity index is 342. The zero-order chi connectivity index (χ0) is 10.4. The lowest BCUT2D eigenvalue weighted by atomic mass is 10.3. The Hall–Kier alpha value is -0.840. The van der Waals surface area contributed by atoms with Gasteiger partial charge in [-0.25, -0.2) is 0 Å². The normalized spacial score (nSPS) is 9.50. The Balaban J connectivity index is 2.44. The molecule has 0 heterocycles. The van der Waals surface area contributed by atoms with Gasteiger partial charge in [-0.1, -0.05) is 23.2 Å². The van der Waals surface area contributed by atoms with E-state index in [4.69, 9.17) is 34.4 Å². The average molecular weight is 229 g/mol. The molecule has 0 aliphatic rings. The van der Waals surface area contributed by atoms with Gasteiger partial charge < -0.3 is 4.74 Å². The number of ether oxygens (including phenoxy) is 1. The highest BCUT2D eigenvalue weighted by Crippen LogP contribution is 2.26. The van der Waals surface area contributed by atoms with Gasteiger partial charge in [0.05, 0.1) is 16.7 Å². The van der Waals surface area contributed by atoms with Crippen LogP contribution in [0.4, 0.5) is 0 Å². The molecule has 0 N–H and O–H groups in total. The molecule has 1 aromatic carbocycles. The summed E-state index contributed by atoms with van der Waals surface area (Å²) in [6, 6.07) is 5.18. The smallest absolute Gasteiger partial charge is 0.120 e. The predicted molar refractivity (Wildman–Crippen MR) is 60.0 cm³/mol. The number of hydrogen-bond donors (Lipinski definition) is 0. The lowest BCUT2D eigenvalue weighted by Crippen LogP contribution is -1.96. The van der Waals surface area contributed by atoms with Gasteiger partial charge in [-0.15, -0.1) is 12.3 Å². The van der Waals surface area contributed by atoms with Crippen LogP contribution in [0.3, 0.4) is 0 Å². The molecule has 3 heteroatoms. The Morgan fingerprint density at radius 1 is 1.29 bits per heavy atom. The molecule has 0 bridgehead atoms. The van der Waals surface area contributed by atoms with Crippen molar-refractivity contribution in [2.24, 2.45) is 0 Å². The highest BCUT2D eigenvalue weighted by atomic mass is 35.5. The maximum atomic E-state index is 5.81. The van der Waals surface area contributed by atoms with E-state index in [2.05, 4.69) is 5.92 Å². The predicted octanol–water partition coefficient (Wildman–Crippen LogP) is 3.79. The highest BCUT2D eigenvalue weighted by Gasteiger charge is 1.99. The lowest BCUT2D eigenvalue weighted by Gasteiger charge is -2.05. The maximum Gasteiger partial charge on any atom is 0.120 e. The zero-order valence-corrected chi connectivity index (χ0v) is 9.11. The molecule has 0 spiro atoms. The van der Waals surface area contributed by atoms with E-state index in [-0.39, 0.29) is 0 Å². The Morgan fingerprint density at radius 2 is 2.07 bits per heavy atom. The minimum atomic E-state index is 0.501. The Labute approximate surface area is 94.0 Å². The van der Waals surface area contributed by atoms with Crippen LogP contribution in [-0.4, -0.2) is 6.61 Å². The second-order valence-corrected chi connectivity index (χ2v) is 3.55. The van der Waals surface area contributed by atoms with Gasteiger partial charge in [0.1, 0.15) is 5.75 Å². The summed E-state index contributed by atoms with van der Waals surface area (Å²) in [5, 5.41) is 1.03. The van der Waals surface area contributed by atoms with Crippen LogP contribution in [0.15, 0.2) is 18.2 Å². The van der Waals surface area contributed by atoms with Gasteiger partial charge in [0, 0.05) is 12.5 Å². The van der Waals surface area contributed by atoms with E-state index in [0.717, 1.165) is 18.6 Å². The van der Waals surface area contributed by atoms with Crippen LogP contribution in [0.1, 0.15) is 12.8 Å². The molecule has 0 saturated carbocycles. The van der Waals surface area contributed by atoms with Crippen LogP contribution in [-0.2, 0) is 0 Å². The fourth-order valence-electron chi connectivity index (χ4n) is 0.931. The third-order valence-electron chi connectivity index (χ3n) is 1.63. The number of hydrogen-bond acceptors (Lipinski definition) is 1. The third kappa shape index (κ3) is 3.49. The average Bonchev–Trinajstić information content (AvgIpc) is 2.18. The Morgan fingerprint density at radius 3 is 2.71 bits per heavy atom. The number of benzene rings is 1. The molecule has 0 unspecified atom stereocenters. The number of terminal acetylenes is 1. The lowest BCUT2D eigenvalue weighted by molar-refractivity contribution is 0.313. The van der Waals surface area contributed by atoms with E-state index >= 15 is 0 Å². The molecular weight excluding hydrogens is 219 g/mol. The van der Waals surface area contributed by atoms with E-state index in [9.17, 15) is 0 Å². The first-order chi connectivity index (χ1) is 6.74. The largest absolute Gasteiger partial charge is 0.494 e. The van der Waals surface area contributed by atoms with Crippen LogP contribution < -0.4 is 4.74 Å². The van der Waals surface area contributed by atoms with Crippen LogP contribution in [0.2, 0.25) is 10.0 Å². The van der Waals surface area contributed by atoms with E-state index in [1.54, 1.807) is 18.2 Å². The van der Waals surface area contributed by atoms with E-state index in [1.807, 2.05) is 0 Å². The summed E-state index contributed by atoms with van der Waals surface area (Å²) in [7, 11) is 0. The van der Waals surface area contributed by atoms with Gasteiger partial charge in [0.15, 0.2) is 0 Å². The van der Waals surface area contributed by atoms with E-state index < -0.39 is 0 Å². The fourth-order valence-corrected chi connectivity index (χ4v) is 1.22. The van der Waals surface area contributed by atoms with Crippen molar-refractivity contribution in [3.8, 4) is 18.1 Å². The van der Waals surface area contributed by atoms with E-state index in [0.29, 0.717) is 16.7 Å². The zero-order valence-electron chi connectivity index (χ0n) is 7.59. The molecule has 1 aromatic rings. The molecule has 0 saturated heterocycles. The monoisotopic (exact) mass is 228 g/mol. The van der Waals surface area contributed by atoms with Crippen molar-refractivity contribution in [2.75, 3.05) is 6.61 Å². The summed E-state index contributed by atoms with van der Waals surface area (Å²) in [6.45, 7) is 0.599. The number of rotatable bonds is 4. The molecule has 1 rings (SSSR count). The van der Waals surface area contributed by atoms with Gasteiger partial charge in [-0.3, -0.25) is 0 Å². The van der Waals surface area contributed by atoms with Crippen molar-refractivity contribution in [1.29, 1.82) is 0 Å². The first-order valence-corrected chi connectivity index (χ1v) is 5.01. The van der Waals surface area contributed by atoms with Crippen molar-refractivity contribution in [2.45, 2.75) is 12.8 Å². The van der Waals surface area contributed by atoms with E-state index in [1.165, 1.54) is 0 Å². The fraction of sp³-hybridized carbons (Fsp3) is 0.273. The highest BCUT2D eigenvalue weighted by molar-refractivity contribution is 6.42. The summed E-state index contributed by atoms with van der Waals surface area (Å²) in [4.78, 5) is 0. The molecule has 0 atom stereocenters. The second kappa shape index (κ2) is 5.80. The topological polar surface area (TPSA) is 9.23 Å². The molecule has 0 aromatic heterocycles. The molecule has 0 radical (unpaired) electrons. The molecule has 0 fully saturated rings. The summed E-state index contributed by atoms with van der Waals surface area (Å²) >= 11 is 11.6. The quantitative estimate of drug-likeness (QED) is 0.563. The minimum Gasteiger partial charge on any atom is -0.494 e. The number of unbranched alkanes of at least 4 members (excludes halogenated alkanes) is 1. The first kappa shape index (κ1) is 11.2. The van der Waals surface area contributed by atoms with Crippen LogP contribution in [0.5, 0.6) is 5.75 Å². The second-order valence-electron chi connectivity index (χ2n) is 2.73. The van der Waals surface area contributed by atoms with Crippen molar-refractivity contribution < 1.29 is 4.74 Å². The summed E-state index contributed by atoms with van der Waals surface area (Å²) in [5.41, 5.74) is 0. The van der Waals surface area contributed by atoms with Gasteiger partial charge in [0.25, 0.3) is 0 Å². The van der Waals surface area contributed by atoms with Crippen LogP contribution >= 0.6 is 23.2 Å². The summed E-state index contributed by atoms with van der Waals surface area (Å²) < 4.78 is 5.41. The minimum absolute atomic E-state index is 0.501. The molecule has 0 amide bonds. The summed E-state index contributed by atoms with van der Waals surface area (Å²) in [6.07, 6.45) is 6.68. The first-order valence-electron chi connectivity index (χ1n) is 4.25. The Kier molecular flexibility index (Phi) is 4.65. The molecule has 1 nitrogen and oxygen atoms in total. The molecule has 0 aliphatic heterocycles. The van der Waals surface area contributed by atoms with Crippen molar-refractivity contribution in [3.05, 3.63) is 28.2 Å². The van der Waals surface area contributed by atoms with Gasteiger partial charge in [-0.05, 0) is 18.6 Å². The van der Waals surface area contributed by atoms with Gasteiger partial charge in [-0.2, -0.15) is 0 Å². The van der Waals surface area contributed by atoms with Crippen molar-refractivity contribution >= 4 is 23.2 Å². The number of halogens is 2. The van der Waals surface area contributed by atoms with Crippen LogP contribution in [0, 0.1) is 12.3 Å². The SMILES string of the molecule is C#CCCCOc1ccc(Cl)c(Cl)c1. The van der Waals surface area contributed by atoms with Crippen molar-refractivity contribution in [3.63, 3.8) is 0 Å².